The highest BCUT2D eigenvalue weighted by Gasteiger charge is 2.35. The zero-order valence-corrected chi connectivity index (χ0v) is 12.8. The van der Waals surface area contributed by atoms with Crippen LogP contribution < -0.4 is 5.32 Å². The Kier molecular flexibility index (Phi) is 7.88. The van der Waals surface area contributed by atoms with Gasteiger partial charge in [-0.15, -0.1) is 0 Å². The number of likely N-dealkylation sites (N-methyl/N-ethyl adjacent to an activating group) is 1. The molecule has 2 atom stereocenters. The number of rotatable bonds is 6. The van der Waals surface area contributed by atoms with Crippen molar-refractivity contribution in [1.29, 1.82) is 0 Å². The van der Waals surface area contributed by atoms with Crippen molar-refractivity contribution in [2.24, 2.45) is 0 Å². The molecule has 0 aromatic rings. The smallest absolute Gasteiger partial charge is 0.312 e. The van der Waals surface area contributed by atoms with Gasteiger partial charge < -0.3 is 5.32 Å². The molecule has 1 rings (SSSR count). The molecule has 0 amide bonds. The summed E-state index contributed by atoms with van der Waals surface area (Å²) in [7, 11) is 0. The van der Waals surface area contributed by atoms with Gasteiger partial charge >= 0.3 is 6.18 Å². The Bertz CT molecular complexity index is 254. The van der Waals surface area contributed by atoms with Gasteiger partial charge in [-0.2, -0.15) is 13.2 Å². The molecule has 1 aliphatic carbocycles. The largest absolute Gasteiger partial charge is 0.401 e. The molecule has 1 N–H and O–H groups in total. The Morgan fingerprint density at radius 2 is 1.70 bits per heavy atom. The first-order chi connectivity index (χ1) is 9.48. The van der Waals surface area contributed by atoms with E-state index >= 15 is 0 Å². The van der Waals surface area contributed by atoms with Gasteiger partial charge in [0.2, 0.25) is 0 Å². The lowest BCUT2D eigenvalue weighted by Crippen LogP contribution is -2.53. The molecule has 20 heavy (non-hydrogen) atoms. The Balaban J connectivity index is 2.73. The van der Waals surface area contributed by atoms with Crippen LogP contribution in [0.2, 0.25) is 0 Å². The van der Waals surface area contributed by atoms with Gasteiger partial charge in [0.05, 0.1) is 6.54 Å². The predicted octanol–water partition coefficient (Wildman–Crippen LogP) is 3.96. The molecule has 0 spiro atoms. The molecule has 0 aromatic carbocycles. The second-order valence-corrected chi connectivity index (χ2v) is 5.80. The molecule has 1 fully saturated rings. The van der Waals surface area contributed by atoms with Crippen LogP contribution in [-0.4, -0.2) is 42.8 Å². The van der Waals surface area contributed by atoms with E-state index < -0.39 is 12.7 Å². The zero-order valence-electron chi connectivity index (χ0n) is 12.8. The monoisotopic (exact) mass is 294 g/mol. The third kappa shape index (κ3) is 6.44. The average molecular weight is 294 g/mol. The van der Waals surface area contributed by atoms with Gasteiger partial charge in [0.25, 0.3) is 0 Å². The standard InChI is InChI=1S/C15H29F3N2/c1-3-11-19-13-9-7-5-6-8-10-14(13)20(4-2)12-15(16,17)18/h13-14,19H,3-12H2,1-2H3. The van der Waals surface area contributed by atoms with Crippen LogP contribution in [0.25, 0.3) is 0 Å². The second kappa shape index (κ2) is 8.88. The lowest BCUT2D eigenvalue weighted by Gasteiger charge is -2.38. The van der Waals surface area contributed by atoms with E-state index in [1.165, 1.54) is 6.42 Å². The van der Waals surface area contributed by atoms with Gasteiger partial charge in [-0.3, -0.25) is 4.90 Å². The highest BCUT2D eigenvalue weighted by Crippen LogP contribution is 2.25. The van der Waals surface area contributed by atoms with Crippen molar-refractivity contribution in [3.63, 3.8) is 0 Å². The molecule has 0 radical (unpaired) electrons. The van der Waals surface area contributed by atoms with E-state index in [0.29, 0.717) is 6.54 Å². The summed E-state index contributed by atoms with van der Waals surface area (Å²) in [6.45, 7) is 4.51. The van der Waals surface area contributed by atoms with Crippen molar-refractivity contribution in [2.75, 3.05) is 19.6 Å². The van der Waals surface area contributed by atoms with Crippen molar-refractivity contribution in [3.8, 4) is 0 Å². The summed E-state index contributed by atoms with van der Waals surface area (Å²) in [6, 6.07) is 0.228. The first kappa shape index (κ1) is 17.8. The number of nitrogens with one attached hydrogen (secondary N) is 1. The molecule has 2 unspecified atom stereocenters. The van der Waals surface area contributed by atoms with E-state index in [-0.39, 0.29) is 12.1 Å². The fourth-order valence-electron chi connectivity index (χ4n) is 3.16. The predicted molar refractivity (Wildman–Crippen MR) is 76.9 cm³/mol. The average Bonchev–Trinajstić information content (AvgIpc) is 2.34. The minimum Gasteiger partial charge on any atom is -0.312 e. The minimum atomic E-state index is -4.10. The normalized spacial score (nSPS) is 25.5. The first-order valence-electron chi connectivity index (χ1n) is 8.02. The molecular weight excluding hydrogens is 265 g/mol. The van der Waals surface area contributed by atoms with Crippen LogP contribution in [0.5, 0.6) is 0 Å². The summed E-state index contributed by atoms with van der Waals surface area (Å²) in [4.78, 5) is 1.62. The fourth-order valence-corrected chi connectivity index (χ4v) is 3.16. The SMILES string of the molecule is CCCNC1CCCCCCC1N(CC)CC(F)(F)F. The van der Waals surface area contributed by atoms with Crippen LogP contribution >= 0.6 is 0 Å². The molecular formula is C15H29F3N2. The van der Waals surface area contributed by atoms with E-state index in [4.69, 9.17) is 0 Å². The summed E-state index contributed by atoms with van der Waals surface area (Å²) in [5.74, 6) is 0. The summed E-state index contributed by atoms with van der Waals surface area (Å²) in [5.41, 5.74) is 0. The Morgan fingerprint density at radius 1 is 1.05 bits per heavy atom. The van der Waals surface area contributed by atoms with Crippen molar-refractivity contribution in [2.45, 2.75) is 77.1 Å². The molecule has 0 aromatic heterocycles. The quantitative estimate of drug-likeness (QED) is 0.797. The third-order valence-corrected chi connectivity index (χ3v) is 4.14. The number of hydrogen-bond acceptors (Lipinski definition) is 2. The van der Waals surface area contributed by atoms with Crippen molar-refractivity contribution in [3.05, 3.63) is 0 Å². The maximum absolute atomic E-state index is 12.7. The first-order valence-corrected chi connectivity index (χ1v) is 8.02. The van der Waals surface area contributed by atoms with E-state index in [2.05, 4.69) is 12.2 Å². The van der Waals surface area contributed by atoms with E-state index in [1.807, 2.05) is 6.92 Å². The highest BCUT2D eigenvalue weighted by molar-refractivity contribution is 4.86. The molecule has 0 saturated heterocycles. The molecule has 1 saturated carbocycles. The Hall–Kier alpha value is -0.290. The topological polar surface area (TPSA) is 15.3 Å². The molecule has 1 aliphatic rings. The Morgan fingerprint density at radius 3 is 2.25 bits per heavy atom. The lowest BCUT2D eigenvalue weighted by atomic mass is 9.91. The van der Waals surface area contributed by atoms with Gasteiger partial charge in [-0.1, -0.05) is 39.5 Å². The Labute approximate surface area is 121 Å². The van der Waals surface area contributed by atoms with Crippen molar-refractivity contribution >= 4 is 0 Å². The van der Waals surface area contributed by atoms with Gasteiger partial charge in [-0.25, -0.2) is 0 Å². The molecule has 2 nitrogen and oxygen atoms in total. The fraction of sp³-hybridized carbons (Fsp3) is 1.00. The van der Waals surface area contributed by atoms with Crippen LogP contribution in [0.1, 0.15) is 58.8 Å². The van der Waals surface area contributed by atoms with Gasteiger partial charge in [0.15, 0.2) is 0 Å². The van der Waals surface area contributed by atoms with Crippen LogP contribution in [0, 0.1) is 0 Å². The minimum absolute atomic E-state index is 0.0217. The molecule has 120 valence electrons. The van der Waals surface area contributed by atoms with Crippen molar-refractivity contribution in [1.82, 2.24) is 10.2 Å². The lowest BCUT2D eigenvalue weighted by molar-refractivity contribution is -0.152. The second-order valence-electron chi connectivity index (χ2n) is 5.80. The maximum Gasteiger partial charge on any atom is 0.401 e. The zero-order chi connectivity index (χ0) is 15.0. The summed E-state index contributed by atoms with van der Waals surface area (Å²) in [5, 5.41) is 3.48. The number of halogens is 3. The number of hydrogen-bond donors (Lipinski definition) is 1. The number of alkyl halides is 3. The van der Waals surface area contributed by atoms with E-state index in [1.54, 1.807) is 4.90 Å². The van der Waals surface area contributed by atoms with Crippen LogP contribution in [0.4, 0.5) is 13.2 Å². The van der Waals surface area contributed by atoms with Gasteiger partial charge in [-0.05, 0) is 32.4 Å². The summed E-state index contributed by atoms with van der Waals surface area (Å²) < 4.78 is 38.2. The van der Waals surface area contributed by atoms with Crippen LogP contribution in [0.3, 0.4) is 0 Å². The summed E-state index contributed by atoms with van der Waals surface area (Å²) >= 11 is 0. The summed E-state index contributed by atoms with van der Waals surface area (Å²) in [6.07, 6.45) is 3.33. The highest BCUT2D eigenvalue weighted by atomic mass is 19.4. The van der Waals surface area contributed by atoms with Crippen molar-refractivity contribution < 1.29 is 13.2 Å². The number of nitrogens with zero attached hydrogens (tertiary/aromatic N) is 1. The van der Waals surface area contributed by atoms with E-state index in [0.717, 1.165) is 45.1 Å². The molecule has 0 aliphatic heterocycles. The maximum atomic E-state index is 12.7. The van der Waals surface area contributed by atoms with E-state index in [9.17, 15) is 13.2 Å². The van der Waals surface area contributed by atoms with Crippen LogP contribution in [-0.2, 0) is 0 Å². The van der Waals surface area contributed by atoms with Gasteiger partial charge in [0.1, 0.15) is 0 Å². The molecule has 0 heterocycles. The third-order valence-electron chi connectivity index (χ3n) is 4.14. The molecule has 0 bridgehead atoms. The van der Waals surface area contributed by atoms with Gasteiger partial charge in [0, 0.05) is 12.1 Å². The molecule has 5 heteroatoms. The van der Waals surface area contributed by atoms with Crippen LogP contribution in [0.15, 0.2) is 0 Å².